The molecule has 3 aromatic rings. The van der Waals surface area contributed by atoms with Gasteiger partial charge in [0.15, 0.2) is 5.65 Å². The van der Waals surface area contributed by atoms with Crippen LogP contribution in [0.3, 0.4) is 0 Å². The highest BCUT2D eigenvalue weighted by atomic mass is 16.2. The second-order valence-corrected chi connectivity index (χ2v) is 7.66. The lowest BCUT2D eigenvalue weighted by molar-refractivity contribution is -0.128. The Morgan fingerprint density at radius 1 is 1.04 bits per heavy atom. The molecule has 1 saturated heterocycles. The summed E-state index contributed by atoms with van der Waals surface area (Å²) in [6.45, 7) is 4.85. The molecule has 2 aliphatic rings. The molecule has 1 saturated carbocycles. The third-order valence-electron chi connectivity index (χ3n) is 5.61. The summed E-state index contributed by atoms with van der Waals surface area (Å²) in [4.78, 5) is 25.9. The molecule has 1 amide bonds. The topological polar surface area (TPSA) is 67.2 Å². The Bertz CT molecular complexity index is 1010. The van der Waals surface area contributed by atoms with Gasteiger partial charge in [0.1, 0.15) is 11.6 Å². The summed E-state index contributed by atoms with van der Waals surface area (Å²) in [5.74, 6) is 2.49. The number of benzene rings is 1. The van der Waals surface area contributed by atoms with E-state index in [-0.39, 0.29) is 5.91 Å². The van der Waals surface area contributed by atoms with Gasteiger partial charge >= 0.3 is 0 Å². The minimum atomic E-state index is 0.144. The van der Waals surface area contributed by atoms with Gasteiger partial charge in [-0.25, -0.2) is 14.6 Å². The van der Waals surface area contributed by atoms with Crippen LogP contribution in [-0.2, 0) is 4.79 Å². The molecule has 5 rings (SSSR count). The molecule has 1 aliphatic carbocycles. The molecule has 1 aromatic carbocycles. The van der Waals surface area contributed by atoms with E-state index >= 15 is 0 Å². The van der Waals surface area contributed by atoms with Crippen molar-refractivity contribution in [1.82, 2.24) is 24.6 Å². The average Bonchev–Trinajstić information content (AvgIpc) is 3.51. The fraction of sp³-hybridized carbons (Fsp3) is 0.429. The molecule has 7 heteroatoms. The zero-order valence-corrected chi connectivity index (χ0v) is 16.1. The van der Waals surface area contributed by atoms with Gasteiger partial charge in [-0.3, -0.25) is 4.79 Å². The summed E-state index contributed by atoms with van der Waals surface area (Å²) in [7, 11) is 0. The summed E-state index contributed by atoms with van der Waals surface area (Å²) in [6.07, 6.45) is 5.13. The van der Waals surface area contributed by atoms with Gasteiger partial charge in [0.25, 0.3) is 0 Å². The van der Waals surface area contributed by atoms with E-state index in [9.17, 15) is 4.79 Å². The van der Waals surface area contributed by atoms with Crippen LogP contribution in [0.2, 0.25) is 0 Å². The van der Waals surface area contributed by atoms with Crippen LogP contribution < -0.4 is 4.90 Å². The first kappa shape index (κ1) is 17.2. The van der Waals surface area contributed by atoms with Gasteiger partial charge in [-0.05, 0) is 31.4 Å². The van der Waals surface area contributed by atoms with Crippen molar-refractivity contribution in [2.45, 2.75) is 32.1 Å². The van der Waals surface area contributed by atoms with Gasteiger partial charge in [0.05, 0.1) is 17.3 Å². The molecule has 0 bridgehead atoms. The van der Waals surface area contributed by atoms with Crippen molar-refractivity contribution < 1.29 is 4.79 Å². The van der Waals surface area contributed by atoms with E-state index < -0.39 is 0 Å². The Morgan fingerprint density at radius 3 is 2.61 bits per heavy atom. The predicted octanol–water partition coefficient (Wildman–Crippen LogP) is 2.75. The Morgan fingerprint density at radius 2 is 1.86 bits per heavy atom. The molecule has 0 atom stereocenters. The van der Waals surface area contributed by atoms with Crippen molar-refractivity contribution in [3.8, 4) is 5.69 Å². The Labute approximate surface area is 164 Å². The molecule has 2 aromatic heterocycles. The molecule has 0 N–H and O–H groups in total. The molecular formula is C21H24N6O. The number of rotatable bonds is 3. The third kappa shape index (κ3) is 3.10. The van der Waals surface area contributed by atoms with Crippen LogP contribution in [0.5, 0.6) is 0 Å². The van der Waals surface area contributed by atoms with Gasteiger partial charge in [0, 0.05) is 39.0 Å². The van der Waals surface area contributed by atoms with Crippen LogP contribution in [0.4, 0.5) is 5.82 Å². The fourth-order valence-electron chi connectivity index (χ4n) is 3.88. The summed E-state index contributed by atoms with van der Waals surface area (Å²) in [5.41, 5.74) is 1.87. The van der Waals surface area contributed by atoms with Crippen molar-refractivity contribution in [2.75, 3.05) is 31.1 Å². The van der Waals surface area contributed by atoms with E-state index in [4.69, 9.17) is 9.97 Å². The van der Waals surface area contributed by atoms with Crippen molar-refractivity contribution in [2.24, 2.45) is 0 Å². The van der Waals surface area contributed by atoms with Crippen molar-refractivity contribution in [1.29, 1.82) is 0 Å². The summed E-state index contributed by atoms with van der Waals surface area (Å²) < 4.78 is 1.91. The molecule has 2 fully saturated rings. The zero-order valence-electron chi connectivity index (χ0n) is 16.1. The second kappa shape index (κ2) is 6.89. The zero-order chi connectivity index (χ0) is 19.1. The molecule has 144 valence electrons. The molecule has 0 radical (unpaired) electrons. The smallest absolute Gasteiger partial charge is 0.219 e. The summed E-state index contributed by atoms with van der Waals surface area (Å²) >= 11 is 0. The summed E-state index contributed by atoms with van der Waals surface area (Å²) in [5, 5.41) is 5.61. The molecular weight excluding hydrogens is 352 g/mol. The maximum atomic E-state index is 11.8. The SMILES string of the molecule is CC(=O)N1CCCN(c2nc(C3CC3)nc3c2cnn3-c2ccccc2)CC1. The first-order valence-corrected chi connectivity index (χ1v) is 10.0. The Kier molecular flexibility index (Phi) is 4.22. The van der Waals surface area contributed by atoms with E-state index in [1.54, 1.807) is 6.92 Å². The summed E-state index contributed by atoms with van der Waals surface area (Å²) in [6, 6.07) is 10.1. The van der Waals surface area contributed by atoms with E-state index in [0.29, 0.717) is 5.92 Å². The largest absolute Gasteiger partial charge is 0.354 e. The average molecular weight is 376 g/mol. The number of para-hydroxylation sites is 1. The lowest BCUT2D eigenvalue weighted by Gasteiger charge is -2.23. The fourth-order valence-corrected chi connectivity index (χ4v) is 3.88. The number of amides is 1. The number of hydrogen-bond acceptors (Lipinski definition) is 5. The number of fused-ring (bicyclic) bond motifs is 1. The number of carbonyl (C=O) groups is 1. The van der Waals surface area contributed by atoms with Gasteiger partial charge in [0.2, 0.25) is 5.91 Å². The van der Waals surface area contributed by atoms with E-state index in [2.05, 4.69) is 10.00 Å². The quantitative estimate of drug-likeness (QED) is 0.703. The van der Waals surface area contributed by atoms with Crippen molar-refractivity contribution in [3.63, 3.8) is 0 Å². The van der Waals surface area contributed by atoms with Crippen LogP contribution in [-0.4, -0.2) is 56.7 Å². The molecule has 28 heavy (non-hydrogen) atoms. The maximum Gasteiger partial charge on any atom is 0.219 e. The molecule has 7 nitrogen and oxygen atoms in total. The molecule has 1 aliphatic heterocycles. The van der Waals surface area contributed by atoms with E-state index in [1.165, 1.54) is 0 Å². The van der Waals surface area contributed by atoms with Crippen LogP contribution in [0.1, 0.15) is 37.9 Å². The van der Waals surface area contributed by atoms with Gasteiger partial charge in [-0.15, -0.1) is 0 Å². The number of anilines is 1. The molecule has 3 heterocycles. The normalized spacial score (nSPS) is 17.8. The van der Waals surface area contributed by atoms with Crippen LogP contribution in [0.15, 0.2) is 36.5 Å². The van der Waals surface area contributed by atoms with E-state index in [1.807, 2.05) is 46.1 Å². The third-order valence-corrected chi connectivity index (χ3v) is 5.61. The molecule has 0 spiro atoms. The lowest BCUT2D eigenvalue weighted by Crippen LogP contribution is -2.34. The highest BCUT2D eigenvalue weighted by Gasteiger charge is 2.30. The number of nitrogens with zero attached hydrogens (tertiary/aromatic N) is 6. The first-order valence-electron chi connectivity index (χ1n) is 10.0. The Balaban J connectivity index is 1.58. The number of aromatic nitrogens is 4. The van der Waals surface area contributed by atoms with Gasteiger partial charge in [-0.2, -0.15) is 5.10 Å². The van der Waals surface area contributed by atoms with Crippen LogP contribution in [0, 0.1) is 0 Å². The molecule has 0 unspecified atom stereocenters. The lowest BCUT2D eigenvalue weighted by atomic mass is 10.3. The monoisotopic (exact) mass is 376 g/mol. The minimum Gasteiger partial charge on any atom is -0.354 e. The highest BCUT2D eigenvalue weighted by molar-refractivity contribution is 5.88. The first-order chi connectivity index (χ1) is 13.7. The predicted molar refractivity (Wildman–Crippen MR) is 108 cm³/mol. The van der Waals surface area contributed by atoms with Crippen LogP contribution in [0.25, 0.3) is 16.7 Å². The van der Waals surface area contributed by atoms with Crippen molar-refractivity contribution in [3.05, 3.63) is 42.4 Å². The van der Waals surface area contributed by atoms with Gasteiger partial charge in [-0.1, -0.05) is 18.2 Å². The van der Waals surface area contributed by atoms with E-state index in [0.717, 1.165) is 73.8 Å². The Hall–Kier alpha value is -2.96. The number of hydrogen-bond donors (Lipinski definition) is 0. The highest BCUT2D eigenvalue weighted by Crippen LogP contribution is 2.40. The standard InChI is InChI=1S/C21H24N6O/c1-15(28)25-10-5-11-26(13-12-25)20-18-14-22-27(17-6-3-2-4-7-17)21(18)24-19(23-20)16-8-9-16/h2-4,6-7,14,16H,5,8-13H2,1H3. The van der Waals surface area contributed by atoms with Crippen molar-refractivity contribution >= 4 is 22.8 Å². The second-order valence-electron chi connectivity index (χ2n) is 7.66. The number of carbonyl (C=O) groups excluding carboxylic acids is 1. The maximum absolute atomic E-state index is 11.8. The van der Waals surface area contributed by atoms with Gasteiger partial charge < -0.3 is 9.80 Å². The van der Waals surface area contributed by atoms with Crippen LogP contribution >= 0.6 is 0 Å². The minimum absolute atomic E-state index is 0.144.